The lowest BCUT2D eigenvalue weighted by Gasteiger charge is -2.37. The van der Waals surface area contributed by atoms with Gasteiger partial charge in [0.2, 0.25) is 0 Å². The fraction of sp³-hybridized carbons (Fsp3) is 0.455. The van der Waals surface area contributed by atoms with E-state index >= 15 is 0 Å². The minimum atomic E-state index is 0.671. The van der Waals surface area contributed by atoms with E-state index in [4.69, 9.17) is 10.5 Å². The molecule has 0 unspecified atom stereocenters. The van der Waals surface area contributed by atoms with Gasteiger partial charge in [0.15, 0.2) is 0 Å². The molecule has 0 amide bonds. The summed E-state index contributed by atoms with van der Waals surface area (Å²) < 4.78 is 5.77. The first-order valence-electron chi connectivity index (χ1n) is 9.62. The van der Waals surface area contributed by atoms with E-state index < -0.39 is 0 Å². The second-order valence-electron chi connectivity index (χ2n) is 7.12. The summed E-state index contributed by atoms with van der Waals surface area (Å²) in [5.74, 6) is 0.949. The van der Waals surface area contributed by atoms with Gasteiger partial charge in [-0.3, -0.25) is 4.90 Å². The van der Waals surface area contributed by atoms with Crippen LogP contribution in [0.25, 0.3) is 0 Å². The summed E-state index contributed by atoms with van der Waals surface area (Å²) in [7, 11) is 0. The molecule has 0 atom stereocenters. The molecule has 0 saturated carbocycles. The van der Waals surface area contributed by atoms with Crippen molar-refractivity contribution in [3.05, 3.63) is 59.2 Å². The average molecular weight is 354 g/mol. The molecule has 1 saturated heterocycles. The molecule has 4 nitrogen and oxygen atoms in total. The highest BCUT2D eigenvalue weighted by atomic mass is 16.5. The number of piperazine rings is 1. The van der Waals surface area contributed by atoms with E-state index in [-0.39, 0.29) is 0 Å². The number of aryl methyl sites for hydroxylation is 1. The van der Waals surface area contributed by atoms with E-state index in [1.54, 1.807) is 0 Å². The summed E-state index contributed by atoms with van der Waals surface area (Å²) in [4.78, 5) is 5.05. The smallest absolute Gasteiger partial charge is 0.119 e. The minimum absolute atomic E-state index is 0.671. The average Bonchev–Trinajstić information content (AvgIpc) is 2.65. The molecule has 0 radical (unpaired) electrons. The fourth-order valence-corrected chi connectivity index (χ4v) is 3.49. The minimum Gasteiger partial charge on any atom is -0.494 e. The standard InChI is InChI=1S/C22H31N3O/c1-18-6-3-9-22(19(18)2)25-13-11-24(12-14-25)17-20-7-4-8-21(16-20)26-15-5-10-23/h3-4,6-9,16H,5,10-15,17,23H2,1-2H3. The maximum Gasteiger partial charge on any atom is 0.119 e. The molecule has 140 valence electrons. The SMILES string of the molecule is Cc1cccc(N2CCN(Cc3cccc(OCCCN)c3)CC2)c1C. The Morgan fingerprint density at radius 1 is 1.00 bits per heavy atom. The zero-order valence-electron chi connectivity index (χ0n) is 16.1. The number of nitrogens with two attached hydrogens (primary N) is 1. The van der Waals surface area contributed by atoms with Gasteiger partial charge in [-0.05, 0) is 61.7 Å². The second-order valence-corrected chi connectivity index (χ2v) is 7.12. The van der Waals surface area contributed by atoms with Crippen LogP contribution in [0.5, 0.6) is 5.75 Å². The maximum atomic E-state index is 5.77. The van der Waals surface area contributed by atoms with Gasteiger partial charge in [0.25, 0.3) is 0 Å². The van der Waals surface area contributed by atoms with Crippen LogP contribution in [-0.2, 0) is 6.54 Å². The third kappa shape index (κ3) is 4.77. The quantitative estimate of drug-likeness (QED) is 0.775. The van der Waals surface area contributed by atoms with Crippen molar-refractivity contribution in [3.63, 3.8) is 0 Å². The predicted molar refractivity (Wildman–Crippen MR) is 109 cm³/mol. The third-order valence-electron chi connectivity index (χ3n) is 5.21. The van der Waals surface area contributed by atoms with Crippen LogP contribution >= 0.6 is 0 Å². The van der Waals surface area contributed by atoms with Crippen LogP contribution in [0.15, 0.2) is 42.5 Å². The molecule has 1 heterocycles. The summed E-state index contributed by atoms with van der Waals surface area (Å²) in [6, 6.07) is 15.1. The van der Waals surface area contributed by atoms with Gasteiger partial charge in [-0.15, -0.1) is 0 Å². The van der Waals surface area contributed by atoms with Crippen LogP contribution in [0.1, 0.15) is 23.1 Å². The summed E-state index contributed by atoms with van der Waals surface area (Å²) in [6.45, 7) is 11.1. The number of anilines is 1. The van der Waals surface area contributed by atoms with Gasteiger partial charge in [-0.1, -0.05) is 24.3 Å². The second kappa shape index (κ2) is 9.06. The fourth-order valence-electron chi connectivity index (χ4n) is 3.49. The Kier molecular flexibility index (Phi) is 6.53. The molecule has 0 bridgehead atoms. The van der Waals surface area contributed by atoms with Crippen LogP contribution in [0.3, 0.4) is 0 Å². The zero-order valence-corrected chi connectivity index (χ0v) is 16.1. The van der Waals surface area contributed by atoms with Crippen molar-refractivity contribution < 1.29 is 4.74 Å². The van der Waals surface area contributed by atoms with Crippen LogP contribution < -0.4 is 15.4 Å². The van der Waals surface area contributed by atoms with E-state index in [2.05, 4.69) is 60.0 Å². The van der Waals surface area contributed by atoms with Crippen molar-refractivity contribution in [2.75, 3.05) is 44.2 Å². The Labute approximate surface area is 157 Å². The van der Waals surface area contributed by atoms with Crippen molar-refractivity contribution in [2.24, 2.45) is 5.73 Å². The molecule has 2 N–H and O–H groups in total. The molecule has 1 aliphatic rings. The first-order chi connectivity index (χ1) is 12.7. The van der Waals surface area contributed by atoms with Crippen molar-refractivity contribution in [3.8, 4) is 5.75 Å². The van der Waals surface area contributed by atoms with Crippen molar-refractivity contribution >= 4 is 5.69 Å². The molecule has 1 fully saturated rings. The molecule has 26 heavy (non-hydrogen) atoms. The summed E-state index contributed by atoms with van der Waals surface area (Å²) in [5.41, 5.74) is 11.0. The van der Waals surface area contributed by atoms with Crippen LogP contribution in [-0.4, -0.2) is 44.2 Å². The third-order valence-corrected chi connectivity index (χ3v) is 5.21. The van der Waals surface area contributed by atoms with Gasteiger partial charge in [-0.25, -0.2) is 0 Å². The van der Waals surface area contributed by atoms with E-state index in [1.165, 1.54) is 22.4 Å². The highest BCUT2D eigenvalue weighted by Crippen LogP contribution is 2.24. The number of hydrogen-bond donors (Lipinski definition) is 1. The van der Waals surface area contributed by atoms with E-state index in [1.807, 2.05) is 6.07 Å². The predicted octanol–water partition coefficient (Wildman–Crippen LogP) is 3.35. The topological polar surface area (TPSA) is 41.7 Å². The first kappa shape index (κ1) is 18.7. The number of hydrogen-bond acceptors (Lipinski definition) is 4. The van der Waals surface area contributed by atoms with Gasteiger partial charge in [0.05, 0.1) is 6.61 Å². The van der Waals surface area contributed by atoms with E-state index in [0.717, 1.165) is 44.9 Å². The molecule has 0 spiro atoms. The number of rotatable bonds is 7. The Morgan fingerprint density at radius 3 is 2.54 bits per heavy atom. The largest absolute Gasteiger partial charge is 0.494 e. The Morgan fingerprint density at radius 2 is 1.77 bits per heavy atom. The first-order valence-corrected chi connectivity index (χ1v) is 9.62. The normalized spacial score (nSPS) is 15.3. The van der Waals surface area contributed by atoms with Crippen LogP contribution in [0, 0.1) is 13.8 Å². The zero-order chi connectivity index (χ0) is 18.4. The highest BCUT2D eigenvalue weighted by Gasteiger charge is 2.19. The highest BCUT2D eigenvalue weighted by molar-refractivity contribution is 5.56. The van der Waals surface area contributed by atoms with Crippen molar-refractivity contribution in [1.29, 1.82) is 0 Å². The molecule has 2 aromatic rings. The van der Waals surface area contributed by atoms with E-state index in [0.29, 0.717) is 13.2 Å². The van der Waals surface area contributed by atoms with Gasteiger partial charge >= 0.3 is 0 Å². The summed E-state index contributed by atoms with van der Waals surface area (Å²) >= 11 is 0. The van der Waals surface area contributed by atoms with E-state index in [9.17, 15) is 0 Å². The summed E-state index contributed by atoms with van der Waals surface area (Å²) in [5, 5.41) is 0. The monoisotopic (exact) mass is 353 g/mol. The molecule has 1 aliphatic heterocycles. The maximum absolute atomic E-state index is 5.77. The number of nitrogens with zero attached hydrogens (tertiary/aromatic N) is 2. The van der Waals surface area contributed by atoms with Gasteiger partial charge < -0.3 is 15.4 Å². The number of ether oxygens (including phenoxy) is 1. The van der Waals surface area contributed by atoms with Crippen LogP contribution in [0.2, 0.25) is 0 Å². The molecule has 2 aromatic carbocycles. The molecule has 0 aromatic heterocycles. The van der Waals surface area contributed by atoms with Gasteiger partial charge in [0.1, 0.15) is 5.75 Å². The lowest BCUT2D eigenvalue weighted by Crippen LogP contribution is -2.46. The summed E-state index contributed by atoms with van der Waals surface area (Å²) in [6.07, 6.45) is 0.893. The van der Waals surface area contributed by atoms with Crippen molar-refractivity contribution in [2.45, 2.75) is 26.8 Å². The lowest BCUT2D eigenvalue weighted by molar-refractivity contribution is 0.249. The Bertz CT molecular complexity index is 708. The number of benzene rings is 2. The molecule has 4 heteroatoms. The van der Waals surface area contributed by atoms with Gasteiger partial charge in [-0.2, -0.15) is 0 Å². The van der Waals surface area contributed by atoms with Crippen molar-refractivity contribution in [1.82, 2.24) is 4.90 Å². The lowest BCUT2D eigenvalue weighted by atomic mass is 10.1. The Balaban J connectivity index is 1.54. The molecular formula is C22H31N3O. The Hall–Kier alpha value is -2.04. The molecule has 0 aliphatic carbocycles. The van der Waals surface area contributed by atoms with Crippen LogP contribution in [0.4, 0.5) is 5.69 Å². The molecular weight excluding hydrogens is 322 g/mol. The van der Waals surface area contributed by atoms with Gasteiger partial charge in [0, 0.05) is 38.4 Å². The molecule has 3 rings (SSSR count).